The standard InChI is InChI=1S/C27H43N9O8/c28-10-2-1-4-18-24(42)34-17(5-3-11-31-27(29)30)23(41)32-14-21(38)33-20(13-22(39)40)26(44)36-19(25(43)35-18)12-15-6-8-16(37)9-7-15/h6-9,17-20,24,34,37,42H,1-5,10-14,28H2,(H,32,41)(H,33,38)(H,35,43)(H,36,44)(H,39,40)(H4,29,30,31)/t17-,18?,19+,20-,24?/m0/s1. The summed E-state index contributed by atoms with van der Waals surface area (Å²) in [6.45, 7) is 0.0117. The third-order valence-corrected chi connectivity index (χ3v) is 6.81. The van der Waals surface area contributed by atoms with Gasteiger partial charge in [-0.05, 0) is 49.9 Å². The highest BCUT2D eigenvalue weighted by molar-refractivity contribution is 5.95. The van der Waals surface area contributed by atoms with E-state index in [-0.39, 0.29) is 37.5 Å². The van der Waals surface area contributed by atoms with Gasteiger partial charge in [-0.25, -0.2) is 0 Å². The van der Waals surface area contributed by atoms with Crippen LogP contribution in [0.5, 0.6) is 5.75 Å². The van der Waals surface area contributed by atoms with Crippen LogP contribution in [0.4, 0.5) is 0 Å². The van der Waals surface area contributed by atoms with E-state index >= 15 is 0 Å². The van der Waals surface area contributed by atoms with Crippen LogP contribution in [-0.2, 0) is 30.4 Å². The number of carbonyl (C=O) groups is 5. The lowest BCUT2D eigenvalue weighted by molar-refractivity contribution is -0.141. The third kappa shape index (κ3) is 12.8. The molecule has 244 valence electrons. The quantitative estimate of drug-likeness (QED) is 0.0620. The molecule has 1 aromatic carbocycles. The molecule has 17 heteroatoms. The highest BCUT2D eigenvalue weighted by atomic mass is 16.4. The largest absolute Gasteiger partial charge is 0.508 e. The number of phenols is 1. The van der Waals surface area contributed by atoms with Gasteiger partial charge in [-0.3, -0.25) is 34.7 Å². The van der Waals surface area contributed by atoms with Gasteiger partial charge in [0.25, 0.3) is 0 Å². The molecule has 14 N–H and O–H groups in total. The zero-order valence-corrected chi connectivity index (χ0v) is 24.3. The van der Waals surface area contributed by atoms with Crippen LogP contribution in [0.1, 0.15) is 44.1 Å². The number of amides is 4. The Morgan fingerprint density at radius 3 is 2.25 bits per heavy atom. The van der Waals surface area contributed by atoms with E-state index < -0.39 is 73.0 Å². The van der Waals surface area contributed by atoms with Gasteiger partial charge >= 0.3 is 5.97 Å². The van der Waals surface area contributed by atoms with E-state index in [1.54, 1.807) is 12.1 Å². The smallest absolute Gasteiger partial charge is 0.305 e. The van der Waals surface area contributed by atoms with Gasteiger partial charge < -0.3 is 53.4 Å². The Morgan fingerprint density at radius 1 is 0.932 bits per heavy atom. The molecule has 1 fully saturated rings. The van der Waals surface area contributed by atoms with E-state index in [1.807, 2.05) is 0 Å². The molecule has 0 saturated carbocycles. The molecule has 1 aromatic rings. The molecule has 0 aliphatic carbocycles. The number of hydrogen-bond acceptors (Lipinski definition) is 10. The summed E-state index contributed by atoms with van der Waals surface area (Å²) in [4.78, 5) is 64.0. The molecular formula is C27H43N9O8. The molecule has 5 atom stereocenters. The minimum Gasteiger partial charge on any atom is -0.508 e. The summed E-state index contributed by atoms with van der Waals surface area (Å²) in [6, 6.07) is 1.03. The van der Waals surface area contributed by atoms with Crippen molar-refractivity contribution in [1.29, 1.82) is 5.41 Å². The number of hydrogen-bond donors (Lipinski definition) is 12. The summed E-state index contributed by atoms with van der Waals surface area (Å²) in [6.07, 6.45) is -0.508. The number of nitrogens with two attached hydrogens (primary N) is 2. The maximum absolute atomic E-state index is 13.6. The second-order valence-corrected chi connectivity index (χ2v) is 10.4. The third-order valence-electron chi connectivity index (χ3n) is 6.81. The lowest BCUT2D eigenvalue weighted by Crippen LogP contribution is -2.59. The monoisotopic (exact) mass is 621 g/mol. The van der Waals surface area contributed by atoms with Gasteiger partial charge in [0, 0.05) is 13.0 Å². The summed E-state index contributed by atoms with van der Waals surface area (Å²) >= 11 is 0. The Bertz CT molecular complexity index is 1150. The molecule has 1 aliphatic rings. The highest BCUT2D eigenvalue weighted by Crippen LogP contribution is 2.13. The summed E-state index contributed by atoms with van der Waals surface area (Å²) < 4.78 is 0. The molecule has 4 amide bonds. The molecule has 0 radical (unpaired) electrons. The predicted octanol–water partition coefficient (Wildman–Crippen LogP) is -3.34. The van der Waals surface area contributed by atoms with E-state index in [2.05, 4.69) is 31.9 Å². The van der Waals surface area contributed by atoms with Crippen LogP contribution < -0.4 is 43.4 Å². The van der Waals surface area contributed by atoms with Crippen molar-refractivity contribution in [2.45, 2.75) is 75.3 Å². The number of phenolic OH excluding ortho intramolecular Hbond substituents is 1. The van der Waals surface area contributed by atoms with Crippen LogP contribution in [-0.4, -0.2) is 101 Å². The van der Waals surface area contributed by atoms with E-state index in [0.29, 0.717) is 31.4 Å². The van der Waals surface area contributed by atoms with Gasteiger partial charge in [0.1, 0.15) is 24.1 Å². The first-order chi connectivity index (χ1) is 20.9. The number of benzene rings is 1. The fourth-order valence-electron chi connectivity index (χ4n) is 4.51. The average Bonchev–Trinajstić information content (AvgIpc) is 2.96. The Kier molecular flexibility index (Phi) is 14.8. The zero-order chi connectivity index (χ0) is 32.6. The second-order valence-electron chi connectivity index (χ2n) is 10.4. The maximum atomic E-state index is 13.6. The van der Waals surface area contributed by atoms with E-state index in [0.717, 1.165) is 0 Å². The summed E-state index contributed by atoms with van der Waals surface area (Å²) in [5.74, 6) is -4.86. The number of carboxylic acids is 1. The topological polar surface area (TPSA) is 294 Å². The van der Waals surface area contributed by atoms with Gasteiger partial charge in [-0.2, -0.15) is 0 Å². The summed E-state index contributed by atoms with van der Waals surface area (Å²) in [5, 5.41) is 52.8. The number of nitrogens with one attached hydrogen (secondary N) is 7. The second kappa shape index (κ2) is 18.2. The Labute approximate surface area is 254 Å². The molecule has 2 unspecified atom stereocenters. The van der Waals surface area contributed by atoms with E-state index in [4.69, 9.17) is 16.9 Å². The van der Waals surface area contributed by atoms with Crippen molar-refractivity contribution < 1.29 is 39.3 Å². The van der Waals surface area contributed by atoms with Crippen molar-refractivity contribution in [3.8, 4) is 5.75 Å². The number of aliphatic carboxylic acids is 1. The van der Waals surface area contributed by atoms with Gasteiger partial charge in [0.05, 0.1) is 25.0 Å². The van der Waals surface area contributed by atoms with Gasteiger partial charge in [0.2, 0.25) is 23.6 Å². The fraction of sp³-hybridized carbons (Fsp3) is 0.556. The van der Waals surface area contributed by atoms with Crippen molar-refractivity contribution in [2.24, 2.45) is 11.5 Å². The minimum absolute atomic E-state index is 0.0162. The zero-order valence-electron chi connectivity index (χ0n) is 24.3. The lowest BCUT2D eigenvalue weighted by atomic mass is 10.0. The summed E-state index contributed by atoms with van der Waals surface area (Å²) in [5.41, 5.74) is 11.5. The van der Waals surface area contributed by atoms with E-state index in [9.17, 15) is 39.3 Å². The number of aliphatic hydroxyl groups is 1. The summed E-state index contributed by atoms with van der Waals surface area (Å²) in [7, 11) is 0. The predicted molar refractivity (Wildman–Crippen MR) is 158 cm³/mol. The number of carboxylic acid groups (broad SMARTS) is 1. The number of aromatic hydroxyl groups is 1. The molecule has 17 nitrogen and oxygen atoms in total. The lowest BCUT2D eigenvalue weighted by Gasteiger charge is -2.30. The minimum atomic E-state index is -1.57. The number of aliphatic hydroxyl groups excluding tert-OH is 1. The molecule has 1 heterocycles. The van der Waals surface area contributed by atoms with Crippen molar-refractivity contribution in [3.63, 3.8) is 0 Å². The van der Waals surface area contributed by atoms with Crippen molar-refractivity contribution in [2.75, 3.05) is 19.6 Å². The molecule has 2 rings (SSSR count). The molecule has 0 aromatic heterocycles. The van der Waals surface area contributed by atoms with Gasteiger partial charge in [-0.1, -0.05) is 18.6 Å². The molecule has 0 spiro atoms. The van der Waals surface area contributed by atoms with Gasteiger partial charge in [-0.15, -0.1) is 0 Å². The first-order valence-corrected chi connectivity index (χ1v) is 14.3. The van der Waals surface area contributed by atoms with Crippen molar-refractivity contribution in [1.82, 2.24) is 31.9 Å². The highest BCUT2D eigenvalue weighted by Gasteiger charge is 2.33. The van der Waals surface area contributed by atoms with Crippen LogP contribution in [0.25, 0.3) is 0 Å². The number of guanidine groups is 1. The Morgan fingerprint density at radius 2 is 1.61 bits per heavy atom. The van der Waals surface area contributed by atoms with Crippen molar-refractivity contribution >= 4 is 35.6 Å². The van der Waals surface area contributed by atoms with Crippen molar-refractivity contribution in [3.05, 3.63) is 29.8 Å². The fourth-order valence-corrected chi connectivity index (χ4v) is 4.51. The van der Waals surface area contributed by atoms with Crippen LogP contribution in [0.3, 0.4) is 0 Å². The number of unbranched alkanes of at least 4 members (excludes halogenated alkanes) is 1. The first kappa shape index (κ1) is 35.7. The van der Waals surface area contributed by atoms with Crippen LogP contribution in [0.2, 0.25) is 0 Å². The van der Waals surface area contributed by atoms with Gasteiger partial charge in [0.15, 0.2) is 5.96 Å². The Balaban J connectivity index is 2.43. The normalized spacial score (nSPS) is 23.6. The average molecular weight is 622 g/mol. The number of carbonyl (C=O) groups excluding carboxylic acids is 4. The maximum Gasteiger partial charge on any atom is 0.305 e. The molecular weight excluding hydrogens is 578 g/mol. The Hall–Kier alpha value is -4.48. The SMILES string of the molecule is N=C(N)NCCC[C@@H]1NC(O)C(CCCCN)NC(=O)[C@@H](Cc2ccc(O)cc2)NC(=O)[C@H](CC(=O)O)NC(=O)CNC1=O. The molecule has 1 saturated heterocycles. The van der Waals surface area contributed by atoms with Crippen LogP contribution in [0.15, 0.2) is 24.3 Å². The molecule has 0 bridgehead atoms. The first-order valence-electron chi connectivity index (χ1n) is 14.3. The van der Waals surface area contributed by atoms with Crippen LogP contribution in [0, 0.1) is 5.41 Å². The molecule has 1 aliphatic heterocycles. The molecule has 44 heavy (non-hydrogen) atoms. The van der Waals surface area contributed by atoms with Crippen LogP contribution >= 0.6 is 0 Å². The van der Waals surface area contributed by atoms with E-state index in [1.165, 1.54) is 12.1 Å². The number of rotatable bonds is 12.